The number of halogens is 4. The molecular weight excluding hydrogens is 268 g/mol. The van der Waals surface area contributed by atoms with Crippen LogP contribution in [0, 0.1) is 5.82 Å². The molecule has 0 aliphatic rings. The van der Waals surface area contributed by atoms with Crippen molar-refractivity contribution in [1.82, 2.24) is 5.32 Å². The van der Waals surface area contributed by atoms with Crippen LogP contribution in [0.15, 0.2) is 18.2 Å². The van der Waals surface area contributed by atoms with E-state index in [2.05, 4.69) is 5.32 Å². The lowest BCUT2D eigenvalue weighted by Crippen LogP contribution is -2.38. The summed E-state index contributed by atoms with van der Waals surface area (Å²) >= 11 is 0. The molecule has 0 saturated carbocycles. The van der Waals surface area contributed by atoms with Crippen LogP contribution in [-0.2, 0) is 6.18 Å². The smallest absolute Gasteiger partial charge is 0.394 e. The summed E-state index contributed by atoms with van der Waals surface area (Å²) in [5.74, 6) is -1.05. The molecular formula is C11H12F4N2O2. The summed E-state index contributed by atoms with van der Waals surface area (Å²) in [4.78, 5) is 11.4. The Balaban J connectivity index is 2.92. The van der Waals surface area contributed by atoms with Crippen LogP contribution < -0.4 is 10.6 Å². The van der Waals surface area contributed by atoms with Gasteiger partial charge in [-0.3, -0.25) is 0 Å². The number of benzene rings is 1. The maximum Gasteiger partial charge on any atom is 0.418 e. The summed E-state index contributed by atoms with van der Waals surface area (Å²) < 4.78 is 50.7. The molecule has 0 fully saturated rings. The van der Waals surface area contributed by atoms with E-state index >= 15 is 0 Å². The molecule has 0 spiro atoms. The second-order valence-electron chi connectivity index (χ2n) is 3.87. The minimum Gasteiger partial charge on any atom is -0.394 e. The average molecular weight is 280 g/mol. The van der Waals surface area contributed by atoms with E-state index in [1.54, 1.807) is 0 Å². The molecule has 106 valence electrons. The van der Waals surface area contributed by atoms with Gasteiger partial charge in [0.25, 0.3) is 0 Å². The number of alkyl halides is 3. The zero-order valence-corrected chi connectivity index (χ0v) is 9.88. The normalized spacial score (nSPS) is 12.9. The molecule has 8 heteroatoms. The lowest BCUT2D eigenvalue weighted by molar-refractivity contribution is -0.137. The third-order valence-corrected chi connectivity index (χ3v) is 2.19. The second-order valence-corrected chi connectivity index (χ2v) is 3.87. The van der Waals surface area contributed by atoms with Crippen molar-refractivity contribution in [3.8, 4) is 0 Å². The minimum atomic E-state index is -4.78. The average Bonchev–Trinajstić information content (AvgIpc) is 2.29. The van der Waals surface area contributed by atoms with Gasteiger partial charge in [-0.05, 0) is 25.1 Å². The highest BCUT2D eigenvalue weighted by atomic mass is 19.4. The molecule has 0 aliphatic carbocycles. The number of urea groups is 1. The molecule has 2 amide bonds. The first kappa shape index (κ1) is 15.2. The van der Waals surface area contributed by atoms with Gasteiger partial charge in [0.2, 0.25) is 0 Å². The number of aliphatic hydroxyl groups is 1. The third-order valence-electron chi connectivity index (χ3n) is 2.19. The fourth-order valence-electron chi connectivity index (χ4n) is 1.29. The van der Waals surface area contributed by atoms with Crippen LogP contribution in [0.25, 0.3) is 0 Å². The summed E-state index contributed by atoms with van der Waals surface area (Å²) in [6.07, 6.45) is -4.78. The summed E-state index contributed by atoms with van der Waals surface area (Å²) in [5.41, 5.74) is -1.84. The van der Waals surface area contributed by atoms with Crippen molar-refractivity contribution in [1.29, 1.82) is 0 Å². The van der Waals surface area contributed by atoms with Gasteiger partial charge in [-0.15, -0.1) is 0 Å². The zero-order valence-electron chi connectivity index (χ0n) is 9.88. The first-order valence-electron chi connectivity index (χ1n) is 5.29. The summed E-state index contributed by atoms with van der Waals surface area (Å²) in [7, 11) is 0. The highest BCUT2D eigenvalue weighted by molar-refractivity contribution is 5.90. The van der Waals surface area contributed by atoms with Gasteiger partial charge >= 0.3 is 12.2 Å². The molecule has 0 saturated heterocycles. The molecule has 1 aromatic carbocycles. The Morgan fingerprint density at radius 2 is 2.05 bits per heavy atom. The molecule has 3 N–H and O–H groups in total. The van der Waals surface area contributed by atoms with E-state index in [0.29, 0.717) is 6.07 Å². The Labute approximate surface area is 106 Å². The summed E-state index contributed by atoms with van der Waals surface area (Å²) in [6, 6.07) is 0.390. The Morgan fingerprint density at radius 1 is 1.42 bits per heavy atom. The monoisotopic (exact) mass is 280 g/mol. The largest absolute Gasteiger partial charge is 0.418 e. The number of aliphatic hydroxyl groups excluding tert-OH is 1. The van der Waals surface area contributed by atoms with Crippen LogP contribution >= 0.6 is 0 Å². The molecule has 0 heterocycles. The fourth-order valence-corrected chi connectivity index (χ4v) is 1.29. The molecule has 1 aromatic rings. The van der Waals surface area contributed by atoms with Gasteiger partial charge in [-0.25, -0.2) is 9.18 Å². The minimum absolute atomic E-state index is 0.297. The molecule has 1 unspecified atom stereocenters. The van der Waals surface area contributed by atoms with E-state index in [1.165, 1.54) is 6.92 Å². The molecule has 1 rings (SSSR count). The number of carbonyl (C=O) groups is 1. The maximum absolute atomic E-state index is 12.8. The predicted octanol–water partition coefficient (Wildman–Crippen LogP) is 2.35. The highest BCUT2D eigenvalue weighted by Crippen LogP contribution is 2.35. The first-order chi connectivity index (χ1) is 8.74. The molecule has 0 radical (unpaired) electrons. The summed E-state index contributed by atoms with van der Waals surface area (Å²) in [6.45, 7) is 1.11. The molecule has 0 aliphatic heterocycles. The molecule has 0 aromatic heterocycles. The lowest BCUT2D eigenvalue weighted by atomic mass is 10.1. The van der Waals surface area contributed by atoms with Crippen LogP contribution in [0.3, 0.4) is 0 Å². The van der Waals surface area contributed by atoms with E-state index in [1.807, 2.05) is 5.32 Å². The number of carbonyl (C=O) groups excluding carboxylic acids is 1. The van der Waals surface area contributed by atoms with Crippen LogP contribution in [0.5, 0.6) is 0 Å². The second kappa shape index (κ2) is 5.87. The van der Waals surface area contributed by atoms with Crippen LogP contribution in [0.1, 0.15) is 12.5 Å². The lowest BCUT2D eigenvalue weighted by Gasteiger charge is -2.16. The van der Waals surface area contributed by atoms with Crippen molar-refractivity contribution in [2.75, 3.05) is 11.9 Å². The van der Waals surface area contributed by atoms with Crippen molar-refractivity contribution >= 4 is 11.7 Å². The topological polar surface area (TPSA) is 61.4 Å². The van der Waals surface area contributed by atoms with Gasteiger partial charge in [-0.2, -0.15) is 13.2 Å². The van der Waals surface area contributed by atoms with Crippen molar-refractivity contribution in [2.45, 2.75) is 19.1 Å². The molecule has 19 heavy (non-hydrogen) atoms. The van der Waals surface area contributed by atoms with E-state index in [4.69, 9.17) is 5.11 Å². The van der Waals surface area contributed by atoms with Gasteiger partial charge in [-0.1, -0.05) is 0 Å². The van der Waals surface area contributed by atoms with E-state index in [0.717, 1.165) is 12.1 Å². The number of amides is 2. The van der Waals surface area contributed by atoms with Crippen molar-refractivity contribution < 1.29 is 27.5 Å². The van der Waals surface area contributed by atoms with E-state index in [9.17, 15) is 22.4 Å². The van der Waals surface area contributed by atoms with Crippen molar-refractivity contribution in [2.24, 2.45) is 0 Å². The van der Waals surface area contributed by atoms with Crippen LogP contribution in [-0.4, -0.2) is 23.8 Å². The predicted molar refractivity (Wildman–Crippen MR) is 60.1 cm³/mol. The van der Waals surface area contributed by atoms with Gasteiger partial charge in [0, 0.05) is 0 Å². The SMILES string of the molecule is CC(CO)NC(=O)Nc1ccc(F)cc1C(F)(F)F. The van der Waals surface area contributed by atoms with Crippen LogP contribution in [0.2, 0.25) is 0 Å². The number of hydrogen-bond donors (Lipinski definition) is 3. The zero-order chi connectivity index (χ0) is 14.6. The summed E-state index contributed by atoms with van der Waals surface area (Å²) in [5, 5.41) is 12.9. The fraction of sp³-hybridized carbons (Fsp3) is 0.364. The van der Waals surface area contributed by atoms with Gasteiger partial charge in [0.15, 0.2) is 0 Å². The Bertz CT molecular complexity index is 462. The third kappa shape index (κ3) is 4.40. The van der Waals surface area contributed by atoms with Crippen LogP contribution in [0.4, 0.5) is 28.0 Å². The van der Waals surface area contributed by atoms with E-state index < -0.39 is 35.3 Å². The van der Waals surface area contributed by atoms with Gasteiger partial charge < -0.3 is 15.7 Å². The molecule has 4 nitrogen and oxygen atoms in total. The first-order valence-corrected chi connectivity index (χ1v) is 5.29. The number of hydrogen-bond acceptors (Lipinski definition) is 2. The number of rotatable bonds is 3. The highest BCUT2D eigenvalue weighted by Gasteiger charge is 2.34. The Hall–Kier alpha value is -1.83. The Kier molecular flexibility index (Phi) is 4.71. The number of nitrogens with one attached hydrogen (secondary N) is 2. The maximum atomic E-state index is 12.8. The van der Waals surface area contributed by atoms with Gasteiger partial charge in [0.1, 0.15) is 5.82 Å². The van der Waals surface area contributed by atoms with E-state index in [-0.39, 0.29) is 6.61 Å². The quantitative estimate of drug-likeness (QED) is 0.744. The molecule has 0 bridgehead atoms. The van der Waals surface area contributed by atoms with Crippen molar-refractivity contribution in [3.05, 3.63) is 29.6 Å². The number of anilines is 1. The van der Waals surface area contributed by atoms with Crippen molar-refractivity contribution in [3.63, 3.8) is 0 Å². The molecule has 1 atom stereocenters. The Morgan fingerprint density at radius 3 is 2.58 bits per heavy atom. The standard InChI is InChI=1S/C11H12F4N2O2/c1-6(5-18)16-10(19)17-9-3-2-7(12)4-8(9)11(13,14)15/h2-4,6,18H,5H2,1H3,(H2,16,17,19). The van der Waals surface area contributed by atoms with Gasteiger partial charge in [0.05, 0.1) is 23.9 Å².